The van der Waals surface area contributed by atoms with Crippen LogP contribution < -0.4 is 10.6 Å². The lowest BCUT2D eigenvalue weighted by atomic mass is 10.2. The van der Waals surface area contributed by atoms with E-state index in [0.29, 0.717) is 16.8 Å². The Morgan fingerprint density at radius 1 is 1.17 bits per heavy atom. The molecule has 0 spiro atoms. The Labute approximate surface area is 134 Å². The maximum Gasteiger partial charge on any atom is 0.270 e. The molecule has 0 saturated heterocycles. The molecule has 0 aliphatic carbocycles. The van der Waals surface area contributed by atoms with E-state index in [1.807, 2.05) is 19.9 Å². The smallest absolute Gasteiger partial charge is 0.270 e. The molecule has 6 nitrogen and oxygen atoms in total. The summed E-state index contributed by atoms with van der Waals surface area (Å²) in [6.07, 6.45) is 1.41. The highest BCUT2D eigenvalue weighted by Crippen LogP contribution is 2.12. The first-order valence-corrected chi connectivity index (χ1v) is 7.08. The number of carbonyl (C=O) groups is 2. The van der Waals surface area contributed by atoms with Crippen molar-refractivity contribution in [1.82, 2.24) is 10.3 Å². The SMILES string of the molecule is CC(C)NC(=O)c1cc(C(=O)Nc2cccc(C#N)c2)ccn1. The Kier molecular flexibility index (Phi) is 5.05. The lowest BCUT2D eigenvalue weighted by Crippen LogP contribution is -2.31. The van der Waals surface area contributed by atoms with Crippen molar-refractivity contribution in [2.45, 2.75) is 19.9 Å². The quantitative estimate of drug-likeness (QED) is 0.906. The zero-order valence-corrected chi connectivity index (χ0v) is 12.8. The second kappa shape index (κ2) is 7.18. The second-order valence-corrected chi connectivity index (χ2v) is 5.20. The molecular formula is C17H16N4O2. The first-order chi connectivity index (χ1) is 11.0. The third-order valence-electron chi connectivity index (χ3n) is 2.92. The topological polar surface area (TPSA) is 94.9 Å². The zero-order valence-electron chi connectivity index (χ0n) is 12.8. The summed E-state index contributed by atoms with van der Waals surface area (Å²) in [5, 5.41) is 14.3. The molecule has 0 bridgehead atoms. The van der Waals surface area contributed by atoms with Crippen molar-refractivity contribution in [3.8, 4) is 6.07 Å². The molecule has 1 heterocycles. The minimum atomic E-state index is -0.374. The summed E-state index contributed by atoms with van der Waals surface area (Å²) in [5.41, 5.74) is 1.46. The van der Waals surface area contributed by atoms with E-state index >= 15 is 0 Å². The molecule has 0 atom stereocenters. The van der Waals surface area contributed by atoms with Crippen LogP contribution in [0.1, 0.15) is 40.3 Å². The number of aromatic nitrogens is 1. The Morgan fingerprint density at radius 2 is 1.96 bits per heavy atom. The number of hydrogen-bond acceptors (Lipinski definition) is 4. The minimum absolute atomic E-state index is 0.0181. The van der Waals surface area contributed by atoms with E-state index in [1.54, 1.807) is 24.3 Å². The number of nitrogens with one attached hydrogen (secondary N) is 2. The molecule has 0 radical (unpaired) electrons. The highest BCUT2D eigenvalue weighted by molar-refractivity contribution is 6.05. The van der Waals surface area contributed by atoms with Crippen LogP contribution in [-0.2, 0) is 0 Å². The van der Waals surface area contributed by atoms with Gasteiger partial charge in [0.1, 0.15) is 5.69 Å². The molecule has 0 aliphatic heterocycles. The molecule has 2 rings (SSSR count). The Hall–Kier alpha value is -3.20. The Morgan fingerprint density at radius 3 is 2.65 bits per heavy atom. The van der Waals surface area contributed by atoms with E-state index in [-0.39, 0.29) is 23.6 Å². The molecule has 6 heteroatoms. The van der Waals surface area contributed by atoms with E-state index in [1.165, 1.54) is 18.3 Å². The van der Waals surface area contributed by atoms with Gasteiger partial charge in [-0.3, -0.25) is 14.6 Å². The van der Waals surface area contributed by atoms with E-state index in [4.69, 9.17) is 5.26 Å². The number of carbonyl (C=O) groups excluding carboxylic acids is 2. The highest BCUT2D eigenvalue weighted by Gasteiger charge is 2.12. The van der Waals surface area contributed by atoms with Crippen LogP contribution in [-0.4, -0.2) is 22.8 Å². The van der Waals surface area contributed by atoms with Crippen molar-refractivity contribution in [2.24, 2.45) is 0 Å². The van der Waals surface area contributed by atoms with Crippen LogP contribution in [0.3, 0.4) is 0 Å². The number of benzene rings is 1. The van der Waals surface area contributed by atoms with Gasteiger partial charge in [-0.2, -0.15) is 5.26 Å². The molecule has 2 amide bonds. The molecule has 0 saturated carbocycles. The van der Waals surface area contributed by atoms with Gasteiger partial charge in [-0.05, 0) is 44.2 Å². The summed E-state index contributed by atoms with van der Waals surface area (Å²) >= 11 is 0. The highest BCUT2D eigenvalue weighted by atomic mass is 16.2. The molecule has 1 aromatic carbocycles. The van der Waals surface area contributed by atoms with Crippen molar-refractivity contribution in [1.29, 1.82) is 5.26 Å². The minimum Gasteiger partial charge on any atom is -0.349 e. The van der Waals surface area contributed by atoms with Gasteiger partial charge in [-0.1, -0.05) is 6.07 Å². The molecule has 116 valence electrons. The van der Waals surface area contributed by atoms with Crippen LogP contribution >= 0.6 is 0 Å². The number of rotatable bonds is 4. The summed E-state index contributed by atoms with van der Waals surface area (Å²) in [6, 6.07) is 11.5. The fraction of sp³-hybridized carbons (Fsp3) is 0.176. The number of nitrogens with zero attached hydrogens (tertiary/aromatic N) is 2. The molecular weight excluding hydrogens is 292 g/mol. The monoisotopic (exact) mass is 308 g/mol. The second-order valence-electron chi connectivity index (χ2n) is 5.20. The summed E-state index contributed by atoms with van der Waals surface area (Å²) in [5.74, 6) is -0.706. The predicted octanol–water partition coefficient (Wildman–Crippen LogP) is 2.34. The summed E-state index contributed by atoms with van der Waals surface area (Å²) in [7, 11) is 0. The van der Waals surface area contributed by atoms with Gasteiger partial charge in [-0.25, -0.2) is 0 Å². The van der Waals surface area contributed by atoms with Crippen molar-refractivity contribution in [3.63, 3.8) is 0 Å². The Balaban J connectivity index is 2.16. The predicted molar refractivity (Wildman–Crippen MR) is 85.9 cm³/mol. The molecule has 0 unspecified atom stereocenters. The zero-order chi connectivity index (χ0) is 16.8. The van der Waals surface area contributed by atoms with E-state index < -0.39 is 0 Å². The van der Waals surface area contributed by atoms with Crippen molar-refractivity contribution in [3.05, 3.63) is 59.4 Å². The van der Waals surface area contributed by atoms with Gasteiger partial charge in [0.2, 0.25) is 0 Å². The van der Waals surface area contributed by atoms with Crippen LogP contribution in [0.5, 0.6) is 0 Å². The fourth-order valence-corrected chi connectivity index (χ4v) is 1.90. The molecule has 0 aliphatic rings. The lowest BCUT2D eigenvalue weighted by molar-refractivity contribution is 0.0938. The van der Waals surface area contributed by atoms with Crippen LogP contribution in [0.15, 0.2) is 42.6 Å². The van der Waals surface area contributed by atoms with Gasteiger partial charge in [0.05, 0.1) is 11.6 Å². The van der Waals surface area contributed by atoms with Crippen molar-refractivity contribution < 1.29 is 9.59 Å². The average Bonchev–Trinajstić information content (AvgIpc) is 2.54. The van der Waals surface area contributed by atoms with Gasteiger partial charge in [0.25, 0.3) is 11.8 Å². The maximum atomic E-state index is 12.3. The number of nitriles is 1. The largest absolute Gasteiger partial charge is 0.349 e. The Bertz CT molecular complexity index is 778. The van der Waals surface area contributed by atoms with Crippen molar-refractivity contribution >= 4 is 17.5 Å². The molecule has 23 heavy (non-hydrogen) atoms. The molecule has 1 aromatic heterocycles. The normalized spacial score (nSPS) is 10.0. The first kappa shape index (κ1) is 16.2. The fourth-order valence-electron chi connectivity index (χ4n) is 1.90. The van der Waals surface area contributed by atoms with Gasteiger partial charge in [0.15, 0.2) is 0 Å². The molecule has 2 aromatic rings. The van der Waals surface area contributed by atoms with Crippen molar-refractivity contribution in [2.75, 3.05) is 5.32 Å². The van der Waals surface area contributed by atoms with Gasteiger partial charge in [-0.15, -0.1) is 0 Å². The number of hydrogen-bond donors (Lipinski definition) is 2. The lowest BCUT2D eigenvalue weighted by Gasteiger charge is -2.09. The van der Waals surface area contributed by atoms with Gasteiger partial charge < -0.3 is 10.6 Å². The number of anilines is 1. The van der Waals surface area contributed by atoms with E-state index in [2.05, 4.69) is 15.6 Å². The maximum absolute atomic E-state index is 12.3. The van der Waals surface area contributed by atoms with Gasteiger partial charge in [0, 0.05) is 23.5 Å². The van der Waals surface area contributed by atoms with Crippen LogP contribution in [0.25, 0.3) is 0 Å². The third kappa shape index (κ3) is 4.38. The third-order valence-corrected chi connectivity index (χ3v) is 2.92. The number of amides is 2. The summed E-state index contributed by atoms with van der Waals surface area (Å²) in [6.45, 7) is 3.69. The van der Waals surface area contributed by atoms with E-state index in [9.17, 15) is 9.59 Å². The first-order valence-electron chi connectivity index (χ1n) is 7.08. The van der Waals surface area contributed by atoms with Crippen LogP contribution in [0.4, 0.5) is 5.69 Å². The van der Waals surface area contributed by atoms with Crippen LogP contribution in [0.2, 0.25) is 0 Å². The molecule has 2 N–H and O–H groups in total. The standard InChI is InChI=1S/C17H16N4O2/c1-11(2)20-17(23)15-9-13(6-7-19-15)16(22)21-14-5-3-4-12(8-14)10-18/h3-9,11H,1-2H3,(H,20,23)(H,21,22). The van der Waals surface area contributed by atoms with Crippen LogP contribution in [0, 0.1) is 11.3 Å². The summed E-state index contributed by atoms with van der Waals surface area (Å²) < 4.78 is 0. The average molecular weight is 308 g/mol. The van der Waals surface area contributed by atoms with E-state index in [0.717, 1.165) is 0 Å². The molecule has 0 fully saturated rings. The number of pyridine rings is 1. The summed E-state index contributed by atoms with van der Waals surface area (Å²) in [4.78, 5) is 28.2. The van der Waals surface area contributed by atoms with Gasteiger partial charge >= 0.3 is 0 Å².